The Hall–Kier alpha value is -2.44. The largest absolute Gasteiger partial charge is 0.435 e. The molecule has 1 aliphatic rings. The lowest BCUT2D eigenvalue weighted by atomic mass is 10.1. The van der Waals surface area contributed by atoms with E-state index < -0.39 is 27.8 Å². The summed E-state index contributed by atoms with van der Waals surface area (Å²) in [5.74, 6) is -0.796. The molecule has 0 aliphatic carbocycles. The maximum absolute atomic E-state index is 12.9. The molecular formula is C18H22F3N5O3S. The topological polar surface area (TPSA) is 110 Å². The van der Waals surface area contributed by atoms with Crippen LogP contribution >= 0.6 is 0 Å². The van der Waals surface area contributed by atoms with E-state index in [2.05, 4.69) is 10.4 Å². The van der Waals surface area contributed by atoms with Crippen molar-refractivity contribution in [2.24, 2.45) is 12.8 Å². The number of nitrogens with zero attached hydrogens (tertiary/aromatic N) is 3. The van der Waals surface area contributed by atoms with Crippen LogP contribution in [0.15, 0.2) is 35.2 Å². The molecule has 12 heteroatoms. The van der Waals surface area contributed by atoms with Crippen molar-refractivity contribution < 1.29 is 26.4 Å². The normalized spacial score (nSPS) is 18.4. The Bertz CT molecular complexity index is 1020. The summed E-state index contributed by atoms with van der Waals surface area (Å²) in [6.07, 6.45) is -2.28. The number of nitrogens with one attached hydrogen (secondary N) is 1. The van der Waals surface area contributed by atoms with Gasteiger partial charge in [0.2, 0.25) is 10.0 Å². The molecule has 2 heterocycles. The molecule has 0 spiro atoms. The Morgan fingerprint density at radius 1 is 1.27 bits per heavy atom. The van der Waals surface area contributed by atoms with E-state index in [0.717, 1.165) is 17.5 Å². The molecule has 1 aromatic heterocycles. The second-order valence-electron chi connectivity index (χ2n) is 7.02. The molecule has 1 aromatic carbocycles. The fraction of sp³-hybridized carbons (Fsp3) is 0.444. The van der Waals surface area contributed by atoms with Crippen molar-refractivity contribution in [3.63, 3.8) is 0 Å². The first-order valence-electron chi connectivity index (χ1n) is 9.28. The molecule has 2 aromatic rings. The molecule has 8 nitrogen and oxygen atoms in total. The molecule has 3 rings (SSSR count). The highest BCUT2D eigenvalue weighted by molar-refractivity contribution is 7.89. The van der Waals surface area contributed by atoms with E-state index in [0.29, 0.717) is 19.0 Å². The summed E-state index contributed by atoms with van der Waals surface area (Å²) in [6.45, 7) is 0.628. The fourth-order valence-corrected chi connectivity index (χ4v) is 5.09. The zero-order valence-electron chi connectivity index (χ0n) is 16.2. The smallest absolute Gasteiger partial charge is 0.329 e. The Morgan fingerprint density at radius 3 is 2.50 bits per heavy atom. The van der Waals surface area contributed by atoms with Crippen molar-refractivity contribution in [2.75, 3.05) is 18.4 Å². The summed E-state index contributed by atoms with van der Waals surface area (Å²) < 4.78 is 66.3. The van der Waals surface area contributed by atoms with Gasteiger partial charge in [0.1, 0.15) is 5.69 Å². The van der Waals surface area contributed by atoms with E-state index in [1.807, 2.05) is 0 Å². The molecule has 1 aliphatic heterocycles. The van der Waals surface area contributed by atoms with E-state index in [1.165, 1.54) is 35.6 Å². The maximum Gasteiger partial charge on any atom is 0.435 e. The van der Waals surface area contributed by atoms with Crippen LogP contribution < -0.4 is 11.1 Å². The van der Waals surface area contributed by atoms with Gasteiger partial charge in [-0.15, -0.1) is 0 Å². The first-order valence-corrected chi connectivity index (χ1v) is 10.7. The van der Waals surface area contributed by atoms with Crippen molar-refractivity contribution >= 4 is 21.6 Å². The van der Waals surface area contributed by atoms with Crippen LogP contribution in [0.3, 0.4) is 0 Å². The zero-order valence-corrected chi connectivity index (χ0v) is 17.0. The van der Waals surface area contributed by atoms with Gasteiger partial charge in [-0.05, 0) is 37.1 Å². The molecule has 1 atom stereocenters. The number of alkyl halides is 3. The molecule has 30 heavy (non-hydrogen) atoms. The van der Waals surface area contributed by atoms with Crippen molar-refractivity contribution in [3.8, 4) is 0 Å². The van der Waals surface area contributed by atoms with E-state index >= 15 is 0 Å². The summed E-state index contributed by atoms with van der Waals surface area (Å²) in [5.41, 5.74) is 4.50. The van der Waals surface area contributed by atoms with Crippen molar-refractivity contribution in [1.82, 2.24) is 14.1 Å². The molecule has 0 bridgehead atoms. The number of piperidine rings is 1. The van der Waals surface area contributed by atoms with Gasteiger partial charge in [-0.2, -0.15) is 22.6 Å². The second-order valence-corrected chi connectivity index (χ2v) is 8.91. The number of rotatable bonds is 5. The maximum atomic E-state index is 12.9. The molecule has 3 N–H and O–H groups in total. The van der Waals surface area contributed by atoms with Gasteiger partial charge in [-0.25, -0.2) is 8.42 Å². The van der Waals surface area contributed by atoms with Crippen molar-refractivity contribution in [2.45, 2.75) is 36.4 Å². The summed E-state index contributed by atoms with van der Waals surface area (Å²) in [5, 5.41) is 5.74. The van der Waals surface area contributed by atoms with Crippen LogP contribution in [-0.2, 0) is 23.2 Å². The van der Waals surface area contributed by atoms with Crippen LogP contribution in [0, 0.1) is 0 Å². The third kappa shape index (κ3) is 4.50. The third-order valence-corrected chi connectivity index (χ3v) is 6.93. The minimum Gasteiger partial charge on any atom is -0.329 e. The SMILES string of the molecule is Cn1nc(C(F)(F)F)cc1C(=O)Nc1ccc(S(=O)(=O)N2CCCCC2CN)cc1. The Morgan fingerprint density at radius 2 is 1.93 bits per heavy atom. The quantitative estimate of drug-likeness (QED) is 0.733. The molecule has 1 saturated heterocycles. The number of carbonyl (C=O) groups is 1. The van der Waals surface area contributed by atoms with E-state index in [1.54, 1.807) is 0 Å². The Labute approximate surface area is 171 Å². The van der Waals surface area contributed by atoms with Crippen molar-refractivity contribution in [1.29, 1.82) is 0 Å². The lowest BCUT2D eigenvalue weighted by Gasteiger charge is -2.33. The molecule has 0 saturated carbocycles. The highest BCUT2D eigenvalue weighted by atomic mass is 32.2. The van der Waals surface area contributed by atoms with Gasteiger partial charge in [0.15, 0.2) is 5.69 Å². The predicted molar refractivity (Wildman–Crippen MR) is 103 cm³/mol. The minimum atomic E-state index is -4.66. The predicted octanol–water partition coefficient (Wildman–Crippen LogP) is 2.19. The Balaban J connectivity index is 1.76. The number of hydrogen-bond acceptors (Lipinski definition) is 5. The number of aromatic nitrogens is 2. The number of nitrogens with two attached hydrogens (primary N) is 1. The summed E-state index contributed by atoms with van der Waals surface area (Å²) in [6, 6.07) is 5.85. The van der Waals surface area contributed by atoms with Gasteiger partial charge in [-0.3, -0.25) is 9.48 Å². The fourth-order valence-electron chi connectivity index (χ4n) is 3.39. The Kier molecular flexibility index (Phi) is 6.20. The standard InChI is InChI=1S/C18H22F3N5O3S/c1-25-15(10-16(24-25)18(19,20)21)17(27)23-12-5-7-14(8-6-12)30(28,29)26-9-3-2-4-13(26)11-22/h5-8,10,13H,2-4,9,11,22H2,1H3,(H,23,27). The number of hydrogen-bond donors (Lipinski definition) is 2. The van der Waals surface area contributed by atoms with Gasteiger partial charge >= 0.3 is 6.18 Å². The number of amides is 1. The summed E-state index contributed by atoms with van der Waals surface area (Å²) >= 11 is 0. The van der Waals surface area contributed by atoms with Gasteiger partial charge in [0.05, 0.1) is 4.90 Å². The van der Waals surface area contributed by atoms with Gasteiger partial charge in [0, 0.05) is 37.9 Å². The molecular weight excluding hydrogens is 423 g/mol. The first-order chi connectivity index (χ1) is 14.0. The van der Waals surface area contributed by atoms with E-state index in [4.69, 9.17) is 5.73 Å². The number of sulfonamides is 1. The number of carbonyl (C=O) groups excluding carboxylic acids is 1. The van der Waals surface area contributed by atoms with Crippen LogP contribution in [-0.4, -0.2) is 47.5 Å². The van der Waals surface area contributed by atoms with Gasteiger partial charge in [0.25, 0.3) is 5.91 Å². The summed E-state index contributed by atoms with van der Waals surface area (Å²) in [7, 11) is -2.51. The van der Waals surface area contributed by atoms with Gasteiger partial charge < -0.3 is 11.1 Å². The van der Waals surface area contributed by atoms with Crippen molar-refractivity contribution in [3.05, 3.63) is 41.7 Å². The molecule has 1 fully saturated rings. The summed E-state index contributed by atoms with van der Waals surface area (Å²) in [4.78, 5) is 12.4. The number of anilines is 1. The van der Waals surface area contributed by atoms with Crippen LogP contribution in [0.4, 0.5) is 18.9 Å². The molecule has 1 unspecified atom stereocenters. The average molecular weight is 445 g/mol. The second kappa shape index (κ2) is 8.36. The average Bonchev–Trinajstić information content (AvgIpc) is 3.10. The lowest BCUT2D eigenvalue weighted by Crippen LogP contribution is -2.47. The van der Waals surface area contributed by atoms with Gasteiger partial charge in [-0.1, -0.05) is 6.42 Å². The van der Waals surface area contributed by atoms with Crippen LogP contribution in [0.5, 0.6) is 0 Å². The molecule has 164 valence electrons. The molecule has 0 radical (unpaired) electrons. The zero-order chi connectivity index (χ0) is 22.1. The van der Waals surface area contributed by atoms with E-state index in [9.17, 15) is 26.4 Å². The highest BCUT2D eigenvalue weighted by Crippen LogP contribution is 2.29. The monoisotopic (exact) mass is 445 g/mol. The van der Waals surface area contributed by atoms with Crippen LogP contribution in [0.25, 0.3) is 0 Å². The third-order valence-electron chi connectivity index (χ3n) is 4.97. The van der Waals surface area contributed by atoms with Crippen LogP contribution in [0.2, 0.25) is 0 Å². The number of halogens is 3. The first kappa shape index (κ1) is 22.2. The molecule has 1 amide bonds. The number of aryl methyl sites for hydroxylation is 1. The lowest BCUT2D eigenvalue weighted by molar-refractivity contribution is -0.141. The highest BCUT2D eigenvalue weighted by Gasteiger charge is 2.35. The minimum absolute atomic E-state index is 0.0562. The van der Waals surface area contributed by atoms with Crippen LogP contribution in [0.1, 0.15) is 35.4 Å². The number of benzene rings is 1. The van der Waals surface area contributed by atoms with E-state index in [-0.39, 0.29) is 28.9 Å².